The number of anilines is 1. The van der Waals surface area contributed by atoms with E-state index in [1.54, 1.807) is 23.7 Å². The Morgan fingerprint density at radius 3 is 2.82 bits per heavy atom. The molecule has 0 radical (unpaired) electrons. The second-order valence-corrected chi connectivity index (χ2v) is 9.33. The predicted molar refractivity (Wildman–Crippen MR) is 97.4 cm³/mol. The number of aromatic nitrogens is 2. The molecular weight excluding hydrogens is 392 g/mol. The Morgan fingerprint density at radius 1 is 1.36 bits per heavy atom. The second kappa shape index (κ2) is 6.84. The number of nitrogens with one attached hydrogen (secondary N) is 1. The Hall–Kier alpha value is -2.49. The van der Waals surface area contributed by atoms with E-state index in [1.807, 2.05) is 0 Å². The van der Waals surface area contributed by atoms with Crippen LogP contribution in [0.4, 0.5) is 14.6 Å². The summed E-state index contributed by atoms with van der Waals surface area (Å²) in [6.07, 6.45) is 0.578. The molecule has 0 aliphatic carbocycles. The van der Waals surface area contributed by atoms with Crippen LogP contribution in [0.15, 0.2) is 24.3 Å². The van der Waals surface area contributed by atoms with Gasteiger partial charge in [0.15, 0.2) is 9.84 Å². The first-order valence-corrected chi connectivity index (χ1v) is 10.7. The minimum Gasteiger partial charge on any atom is -0.435 e. The fourth-order valence-corrected chi connectivity index (χ4v) is 5.69. The number of ether oxygens (including phenoxy) is 1. The molecule has 2 atom stereocenters. The summed E-state index contributed by atoms with van der Waals surface area (Å²) in [6.45, 7) is -1.14. The highest BCUT2D eigenvalue weighted by molar-refractivity contribution is 7.91. The van der Waals surface area contributed by atoms with Gasteiger partial charge in [-0.1, -0.05) is 12.1 Å². The van der Waals surface area contributed by atoms with Crippen molar-refractivity contribution in [3.8, 4) is 5.75 Å². The summed E-state index contributed by atoms with van der Waals surface area (Å²) in [4.78, 5) is 12.4. The zero-order valence-corrected chi connectivity index (χ0v) is 15.9. The Labute approximate surface area is 160 Å². The van der Waals surface area contributed by atoms with Crippen LogP contribution in [0.2, 0.25) is 0 Å². The fourth-order valence-electron chi connectivity index (χ4n) is 4.00. The SMILES string of the molecule is Cc1nn(C2CCS(=O)(=O)C2)c2c1C(c1cccc(OC(F)F)c1)CC(=O)N2. The van der Waals surface area contributed by atoms with E-state index in [1.165, 1.54) is 12.1 Å². The largest absolute Gasteiger partial charge is 0.435 e. The van der Waals surface area contributed by atoms with E-state index in [0.29, 0.717) is 23.5 Å². The molecule has 150 valence electrons. The molecule has 1 saturated heterocycles. The van der Waals surface area contributed by atoms with Gasteiger partial charge in [0.2, 0.25) is 5.91 Å². The molecule has 1 amide bonds. The van der Waals surface area contributed by atoms with Gasteiger partial charge in [0, 0.05) is 17.9 Å². The molecule has 28 heavy (non-hydrogen) atoms. The summed E-state index contributed by atoms with van der Waals surface area (Å²) in [7, 11) is -3.12. The smallest absolute Gasteiger partial charge is 0.387 e. The minimum atomic E-state index is -3.12. The predicted octanol–water partition coefficient (Wildman–Crippen LogP) is 2.63. The van der Waals surface area contributed by atoms with Crippen molar-refractivity contribution in [3.63, 3.8) is 0 Å². The molecular formula is C18H19F2N3O4S. The summed E-state index contributed by atoms with van der Waals surface area (Å²) < 4.78 is 54.9. The molecule has 1 aromatic carbocycles. The third kappa shape index (κ3) is 3.48. The number of fused-ring (bicyclic) bond motifs is 1. The fraction of sp³-hybridized carbons (Fsp3) is 0.444. The van der Waals surface area contributed by atoms with Gasteiger partial charge in [-0.25, -0.2) is 13.1 Å². The maximum absolute atomic E-state index is 12.5. The van der Waals surface area contributed by atoms with Gasteiger partial charge in [-0.15, -0.1) is 0 Å². The van der Waals surface area contributed by atoms with Crippen molar-refractivity contribution < 1.29 is 26.7 Å². The summed E-state index contributed by atoms with van der Waals surface area (Å²) in [6, 6.07) is 5.94. The molecule has 2 unspecified atom stereocenters. The van der Waals surface area contributed by atoms with Crippen molar-refractivity contribution in [1.82, 2.24) is 9.78 Å². The van der Waals surface area contributed by atoms with Crippen LogP contribution in [0.3, 0.4) is 0 Å². The maximum Gasteiger partial charge on any atom is 0.387 e. The average Bonchev–Trinajstić information content (AvgIpc) is 3.13. The van der Waals surface area contributed by atoms with Gasteiger partial charge in [0.05, 0.1) is 23.2 Å². The van der Waals surface area contributed by atoms with E-state index < -0.39 is 16.4 Å². The molecule has 1 fully saturated rings. The van der Waals surface area contributed by atoms with Gasteiger partial charge in [-0.05, 0) is 31.0 Å². The zero-order valence-electron chi connectivity index (χ0n) is 15.1. The quantitative estimate of drug-likeness (QED) is 0.835. The zero-order chi connectivity index (χ0) is 20.1. The number of rotatable bonds is 4. The monoisotopic (exact) mass is 411 g/mol. The summed E-state index contributed by atoms with van der Waals surface area (Å²) in [5, 5.41) is 7.32. The van der Waals surface area contributed by atoms with Crippen molar-refractivity contribution in [2.75, 3.05) is 16.8 Å². The third-order valence-electron chi connectivity index (χ3n) is 5.17. The summed E-state index contributed by atoms with van der Waals surface area (Å²) in [5.41, 5.74) is 2.11. The standard InChI is InChI=1S/C18H19F2N3O4S/c1-10-16-14(11-3-2-4-13(7-11)27-18(19)20)8-15(24)21-17(16)23(22-10)12-5-6-28(25,26)9-12/h2-4,7,12,14,18H,5-6,8-9H2,1H3,(H,21,24). The molecule has 3 heterocycles. The van der Waals surface area contributed by atoms with Gasteiger partial charge in [0.1, 0.15) is 11.6 Å². The lowest BCUT2D eigenvalue weighted by Crippen LogP contribution is -2.26. The van der Waals surface area contributed by atoms with Crippen LogP contribution in [0.5, 0.6) is 5.75 Å². The Bertz CT molecular complexity index is 1040. The molecule has 2 aliphatic rings. The van der Waals surface area contributed by atoms with Crippen LogP contribution in [-0.2, 0) is 14.6 Å². The number of nitrogens with zero attached hydrogens (tertiary/aromatic N) is 2. The van der Waals surface area contributed by atoms with E-state index in [0.717, 1.165) is 5.56 Å². The molecule has 1 N–H and O–H groups in total. The van der Waals surface area contributed by atoms with Gasteiger partial charge >= 0.3 is 6.61 Å². The normalized spacial score (nSPS) is 23.5. The van der Waals surface area contributed by atoms with Crippen molar-refractivity contribution in [1.29, 1.82) is 0 Å². The number of benzene rings is 1. The van der Waals surface area contributed by atoms with Gasteiger partial charge in [0.25, 0.3) is 0 Å². The molecule has 10 heteroatoms. The number of hydrogen-bond acceptors (Lipinski definition) is 5. The van der Waals surface area contributed by atoms with Crippen LogP contribution in [0.25, 0.3) is 0 Å². The van der Waals surface area contributed by atoms with Crippen molar-refractivity contribution in [2.24, 2.45) is 0 Å². The van der Waals surface area contributed by atoms with Crippen LogP contribution in [0.1, 0.15) is 41.6 Å². The van der Waals surface area contributed by atoms with E-state index in [2.05, 4.69) is 15.2 Å². The lowest BCUT2D eigenvalue weighted by molar-refractivity contribution is -0.116. The maximum atomic E-state index is 12.5. The van der Waals surface area contributed by atoms with Crippen molar-refractivity contribution >= 4 is 21.6 Å². The second-order valence-electron chi connectivity index (χ2n) is 7.11. The van der Waals surface area contributed by atoms with E-state index >= 15 is 0 Å². The number of aryl methyl sites for hydroxylation is 1. The molecule has 7 nitrogen and oxygen atoms in total. The molecule has 2 aromatic rings. The molecule has 2 aliphatic heterocycles. The lowest BCUT2D eigenvalue weighted by atomic mass is 9.85. The average molecular weight is 411 g/mol. The van der Waals surface area contributed by atoms with Crippen LogP contribution >= 0.6 is 0 Å². The number of halogens is 2. The van der Waals surface area contributed by atoms with E-state index in [4.69, 9.17) is 0 Å². The first-order valence-electron chi connectivity index (χ1n) is 8.87. The highest BCUT2D eigenvalue weighted by Crippen LogP contribution is 2.42. The van der Waals surface area contributed by atoms with Gasteiger partial charge in [-0.2, -0.15) is 13.9 Å². The lowest BCUT2D eigenvalue weighted by Gasteiger charge is -2.25. The van der Waals surface area contributed by atoms with Gasteiger partial charge in [-0.3, -0.25) is 4.79 Å². The Balaban J connectivity index is 1.75. The number of sulfone groups is 1. The van der Waals surface area contributed by atoms with Gasteiger partial charge < -0.3 is 10.1 Å². The molecule has 0 spiro atoms. The molecule has 1 aromatic heterocycles. The minimum absolute atomic E-state index is 0.0151. The highest BCUT2D eigenvalue weighted by Gasteiger charge is 2.37. The first-order chi connectivity index (χ1) is 13.2. The Morgan fingerprint density at radius 2 is 2.14 bits per heavy atom. The van der Waals surface area contributed by atoms with E-state index in [-0.39, 0.29) is 41.5 Å². The van der Waals surface area contributed by atoms with Crippen molar-refractivity contribution in [3.05, 3.63) is 41.1 Å². The topological polar surface area (TPSA) is 90.3 Å². The molecule has 0 bridgehead atoms. The van der Waals surface area contributed by atoms with E-state index in [9.17, 15) is 22.0 Å². The summed E-state index contributed by atoms with van der Waals surface area (Å²) in [5.74, 6) is -0.0291. The van der Waals surface area contributed by atoms with Crippen LogP contribution < -0.4 is 10.1 Å². The van der Waals surface area contributed by atoms with Crippen LogP contribution in [-0.4, -0.2) is 42.2 Å². The number of alkyl halides is 2. The number of hydrogen-bond donors (Lipinski definition) is 1. The van der Waals surface area contributed by atoms with Crippen LogP contribution in [0, 0.1) is 6.92 Å². The highest BCUT2D eigenvalue weighted by atomic mass is 32.2. The third-order valence-corrected chi connectivity index (χ3v) is 6.92. The number of carbonyl (C=O) groups excluding carboxylic acids is 1. The number of carbonyl (C=O) groups is 1. The first kappa shape index (κ1) is 18.9. The Kier molecular flexibility index (Phi) is 4.60. The van der Waals surface area contributed by atoms with Crippen molar-refractivity contribution in [2.45, 2.75) is 38.3 Å². The number of amides is 1. The molecule has 4 rings (SSSR count). The molecule has 0 saturated carbocycles. The summed E-state index contributed by atoms with van der Waals surface area (Å²) >= 11 is 0.